The van der Waals surface area contributed by atoms with Crippen molar-refractivity contribution in [3.63, 3.8) is 0 Å². The fourth-order valence-corrected chi connectivity index (χ4v) is 2.35. The zero-order valence-corrected chi connectivity index (χ0v) is 9.54. The van der Waals surface area contributed by atoms with Crippen molar-refractivity contribution in [2.75, 3.05) is 6.54 Å². The third kappa shape index (κ3) is 2.00. The summed E-state index contributed by atoms with van der Waals surface area (Å²) < 4.78 is 0. The molecule has 2 unspecified atom stereocenters. The molecular formula is C12H14N2O3. The van der Waals surface area contributed by atoms with Gasteiger partial charge in [-0.25, -0.2) is 0 Å². The van der Waals surface area contributed by atoms with Crippen molar-refractivity contribution in [2.45, 2.75) is 19.4 Å². The number of aromatic nitrogens is 1. The minimum absolute atomic E-state index is 0.0722. The maximum absolute atomic E-state index is 11.7. The molecule has 2 rings (SSSR count). The van der Waals surface area contributed by atoms with Crippen LogP contribution in [0.1, 0.15) is 24.9 Å². The molecule has 1 aromatic heterocycles. The molecule has 0 aromatic carbocycles. The first-order valence-corrected chi connectivity index (χ1v) is 5.57. The molecule has 0 bridgehead atoms. The maximum Gasteiger partial charge on any atom is 0.309 e. The van der Waals surface area contributed by atoms with Crippen molar-refractivity contribution in [3.05, 3.63) is 30.1 Å². The van der Waals surface area contributed by atoms with Gasteiger partial charge in [-0.05, 0) is 18.6 Å². The standard InChI is InChI=1S/C12H14N2O3/c1-2-14-10(15)6-9(12(16)17)11(14)8-4-3-5-13-7-8/h3-5,7,9,11H,2,6H2,1H3,(H,16,17). The van der Waals surface area contributed by atoms with Gasteiger partial charge >= 0.3 is 5.97 Å². The number of carbonyl (C=O) groups is 2. The number of amides is 1. The Balaban J connectivity index is 2.39. The number of carboxylic acid groups (broad SMARTS) is 1. The highest BCUT2D eigenvalue weighted by Gasteiger charge is 2.43. The molecule has 0 spiro atoms. The van der Waals surface area contributed by atoms with E-state index in [0.717, 1.165) is 5.56 Å². The number of rotatable bonds is 3. The summed E-state index contributed by atoms with van der Waals surface area (Å²) in [5.74, 6) is -1.71. The quantitative estimate of drug-likeness (QED) is 0.849. The lowest BCUT2D eigenvalue weighted by Gasteiger charge is -2.25. The molecule has 2 heterocycles. The molecule has 1 N–H and O–H groups in total. The molecule has 1 fully saturated rings. The Labute approximate surface area is 99.1 Å². The fourth-order valence-electron chi connectivity index (χ4n) is 2.35. The molecule has 17 heavy (non-hydrogen) atoms. The van der Waals surface area contributed by atoms with Crippen LogP contribution in [0, 0.1) is 5.92 Å². The van der Waals surface area contributed by atoms with Crippen LogP contribution < -0.4 is 0 Å². The van der Waals surface area contributed by atoms with Gasteiger partial charge in [0, 0.05) is 25.4 Å². The third-order valence-electron chi connectivity index (χ3n) is 3.12. The molecule has 1 amide bonds. The van der Waals surface area contributed by atoms with Gasteiger partial charge in [0.2, 0.25) is 5.91 Å². The van der Waals surface area contributed by atoms with Gasteiger partial charge < -0.3 is 10.0 Å². The number of hydrogen-bond donors (Lipinski definition) is 1. The number of carboxylic acids is 1. The molecule has 1 saturated heterocycles. The first-order chi connectivity index (χ1) is 8.15. The van der Waals surface area contributed by atoms with E-state index in [0.29, 0.717) is 6.54 Å². The van der Waals surface area contributed by atoms with Crippen molar-refractivity contribution >= 4 is 11.9 Å². The summed E-state index contributed by atoms with van der Waals surface area (Å²) in [6.07, 6.45) is 3.33. The number of aliphatic carboxylic acids is 1. The zero-order chi connectivity index (χ0) is 12.4. The third-order valence-corrected chi connectivity index (χ3v) is 3.12. The Morgan fingerprint density at radius 1 is 1.65 bits per heavy atom. The predicted octanol–water partition coefficient (Wildman–Crippen LogP) is 1.08. The van der Waals surface area contributed by atoms with Gasteiger partial charge in [0.25, 0.3) is 0 Å². The topological polar surface area (TPSA) is 70.5 Å². The summed E-state index contributed by atoms with van der Waals surface area (Å²) in [5.41, 5.74) is 0.785. The Hall–Kier alpha value is -1.91. The minimum Gasteiger partial charge on any atom is -0.481 e. The molecular weight excluding hydrogens is 220 g/mol. The molecule has 1 aliphatic rings. The second kappa shape index (κ2) is 4.53. The van der Waals surface area contributed by atoms with Gasteiger partial charge in [0.15, 0.2) is 0 Å². The minimum atomic E-state index is -0.928. The lowest BCUT2D eigenvalue weighted by Crippen LogP contribution is -2.30. The Morgan fingerprint density at radius 2 is 2.41 bits per heavy atom. The molecule has 2 atom stereocenters. The lowest BCUT2D eigenvalue weighted by atomic mass is 9.95. The molecule has 0 radical (unpaired) electrons. The van der Waals surface area contributed by atoms with Gasteiger partial charge in [-0.15, -0.1) is 0 Å². The van der Waals surface area contributed by atoms with Crippen LogP contribution in [0.4, 0.5) is 0 Å². The Morgan fingerprint density at radius 3 is 2.94 bits per heavy atom. The van der Waals surface area contributed by atoms with Crippen LogP contribution in [0.5, 0.6) is 0 Å². The highest BCUT2D eigenvalue weighted by Crippen LogP contribution is 2.37. The van der Waals surface area contributed by atoms with E-state index >= 15 is 0 Å². The van der Waals surface area contributed by atoms with Crippen LogP contribution in [0.15, 0.2) is 24.5 Å². The number of pyridine rings is 1. The van der Waals surface area contributed by atoms with Gasteiger partial charge in [0.05, 0.1) is 12.0 Å². The zero-order valence-electron chi connectivity index (χ0n) is 9.54. The van der Waals surface area contributed by atoms with E-state index < -0.39 is 17.9 Å². The Bertz CT molecular complexity index is 433. The van der Waals surface area contributed by atoms with E-state index in [1.165, 1.54) is 0 Å². The van der Waals surface area contributed by atoms with Crippen LogP contribution in [0.3, 0.4) is 0 Å². The summed E-state index contributed by atoms with van der Waals surface area (Å²) in [6, 6.07) is 3.18. The highest BCUT2D eigenvalue weighted by atomic mass is 16.4. The van der Waals surface area contributed by atoms with E-state index in [4.69, 9.17) is 0 Å². The summed E-state index contributed by atoms with van der Waals surface area (Å²) >= 11 is 0. The summed E-state index contributed by atoms with van der Waals surface area (Å²) in [5, 5.41) is 9.18. The van der Waals surface area contributed by atoms with E-state index in [1.807, 2.05) is 13.0 Å². The summed E-state index contributed by atoms with van der Waals surface area (Å²) in [6.45, 7) is 2.37. The van der Waals surface area contributed by atoms with Gasteiger partial charge in [0.1, 0.15) is 0 Å². The fraction of sp³-hybridized carbons (Fsp3) is 0.417. The summed E-state index contributed by atoms with van der Waals surface area (Å²) in [7, 11) is 0. The van der Waals surface area contributed by atoms with Gasteiger partial charge in [-0.3, -0.25) is 14.6 Å². The van der Waals surface area contributed by atoms with Crippen LogP contribution in [0.25, 0.3) is 0 Å². The van der Waals surface area contributed by atoms with Crippen molar-refractivity contribution in [3.8, 4) is 0 Å². The average molecular weight is 234 g/mol. The maximum atomic E-state index is 11.7. The molecule has 1 aromatic rings. The largest absolute Gasteiger partial charge is 0.481 e. The van der Waals surface area contributed by atoms with Crippen LogP contribution in [-0.4, -0.2) is 33.4 Å². The highest BCUT2D eigenvalue weighted by molar-refractivity contribution is 5.87. The van der Waals surface area contributed by atoms with Crippen LogP contribution >= 0.6 is 0 Å². The number of hydrogen-bond acceptors (Lipinski definition) is 3. The monoisotopic (exact) mass is 234 g/mol. The SMILES string of the molecule is CCN1C(=O)CC(C(=O)O)C1c1cccnc1. The first-order valence-electron chi connectivity index (χ1n) is 5.57. The molecule has 5 heteroatoms. The van der Waals surface area contributed by atoms with E-state index in [-0.39, 0.29) is 12.3 Å². The van der Waals surface area contributed by atoms with Crippen molar-refractivity contribution in [1.82, 2.24) is 9.88 Å². The second-order valence-electron chi connectivity index (χ2n) is 4.06. The summed E-state index contributed by atoms with van der Waals surface area (Å²) in [4.78, 5) is 28.5. The Kier molecular flexibility index (Phi) is 3.08. The first kappa shape index (κ1) is 11.6. The molecule has 0 saturated carbocycles. The molecule has 90 valence electrons. The smallest absolute Gasteiger partial charge is 0.309 e. The molecule has 5 nitrogen and oxygen atoms in total. The number of likely N-dealkylation sites (tertiary alicyclic amines) is 1. The molecule has 1 aliphatic heterocycles. The van der Waals surface area contributed by atoms with E-state index in [1.54, 1.807) is 23.4 Å². The van der Waals surface area contributed by atoms with Gasteiger partial charge in [-0.1, -0.05) is 6.07 Å². The van der Waals surface area contributed by atoms with Crippen molar-refractivity contribution in [2.24, 2.45) is 5.92 Å². The average Bonchev–Trinajstić information content (AvgIpc) is 2.67. The second-order valence-corrected chi connectivity index (χ2v) is 4.06. The van der Waals surface area contributed by atoms with E-state index in [2.05, 4.69) is 4.98 Å². The van der Waals surface area contributed by atoms with Crippen molar-refractivity contribution < 1.29 is 14.7 Å². The number of nitrogens with zero attached hydrogens (tertiary/aromatic N) is 2. The normalized spacial score (nSPS) is 24.1. The van der Waals surface area contributed by atoms with Crippen molar-refractivity contribution in [1.29, 1.82) is 0 Å². The van der Waals surface area contributed by atoms with Gasteiger partial charge in [-0.2, -0.15) is 0 Å². The van der Waals surface area contributed by atoms with Crippen LogP contribution in [0.2, 0.25) is 0 Å². The molecule has 0 aliphatic carbocycles. The predicted molar refractivity (Wildman–Crippen MR) is 60.1 cm³/mol. The lowest BCUT2D eigenvalue weighted by molar-refractivity contribution is -0.142. The van der Waals surface area contributed by atoms with Crippen LogP contribution in [-0.2, 0) is 9.59 Å². The van der Waals surface area contributed by atoms with E-state index in [9.17, 15) is 14.7 Å². The number of carbonyl (C=O) groups excluding carboxylic acids is 1.